The molecule has 0 aliphatic carbocycles. The van der Waals surface area contributed by atoms with Gasteiger partial charge in [0.15, 0.2) is 0 Å². The van der Waals surface area contributed by atoms with E-state index in [2.05, 4.69) is 9.88 Å². The Morgan fingerprint density at radius 2 is 2.26 bits per heavy atom. The van der Waals surface area contributed by atoms with Gasteiger partial charge in [0.05, 0.1) is 19.1 Å². The highest BCUT2D eigenvalue weighted by Crippen LogP contribution is 2.33. The molecule has 3 rings (SSSR count). The van der Waals surface area contributed by atoms with E-state index in [0.717, 1.165) is 17.5 Å². The first-order valence-corrected chi connectivity index (χ1v) is 8.96. The molecule has 27 heavy (non-hydrogen) atoms. The summed E-state index contributed by atoms with van der Waals surface area (Å²) >= 11 is 0. The Morgan fingerprint density at radius 3 is 2.93 bits per heavy atom. The number of methoxy groups -OCH3 is 1. The molecule has 0 spiro atoms. The van der Waals surface area contributed by atoms with Gasteiger partial charge in [0, 0.05) is 37.5 Å². The minimum atomic E-state index is -4.41. The molecule has 0 saturated carbocycles. The van der Waals surface area contributed by atoms with E-state index >= 15 is 0 Å². The Balaban J connectivity index is 1.69. The molecule has 1 aromatic heterocycles. The number of amides is 1. The first-order chi connectivity index (χ1) is 12.8. The summed E-state index contributed by atoms with van der Waals surface area (Å²) in [7, 11) is 1.56. The lowest BCUT2D eigenvalue weighted by atomic mass is 9.89. The molecule has 3 heterocycles. The highest BCUT2D eigenvalue weighted by atomic mass is 19.4. The van der Waals surface area contributed by atoms with Crippen LogP contribution in [0.15, 0.2) is 12.3 Å². The number of aryl methyl sites for hydroxylation is 1. The SMILES string of the molecule is COc1ncc(CN2C[C@@H](C(=O)NCC(F)(F)F)C[C@H]3OCC[C@H]32)cc1C. The molecule has 2 fully saturated rings. The summed E-state index contributed by atoms with van der Waals surface area (Å²) in [6, 6.07) is 2.14. The van der Waals surface area contributed by atoms with Crippen LogP contribution in [0.25, 0.3) is 0 Å². The summed E-state index contributed by atoms with van der Waals surface area (Å²) in [6.07, 6.45) is -1.52. The van der Waals surface area contributed by atoms with E-state index in [9.17, 15) is 18.0 Å². The fourth-order valence-electron chi connectivity index (χ4n) is 3.91. The molecule has 9 heteroatoms. The number of likely N-dealkylation sites (tertiary alicyclic amines) is 1. The number of halogens is 3. The van der Waals surface area contributed by atoms with Crippen LogP contribution in [0.2, 0.25) is 0 Å². The van der Waals surface area contributed by atoms with Gasteiger partial charge < -0.3 is 14.8 Å². The van der Waals surface area contributed by atoms with Crippen LogP contribution in [0.5, 0.6) is 5.88 Å². The predicted molar refractivity (Wildman–Crippen MR) is 91.3 cm³/mol. The fraction of sp³-hybridized carbons (Fsp3) is 0.667. The smallest absolute Gasteiger partial charge is 0.405 e. The number of pyridine rings is 1. The molecule has 6 nitrogen and oxygen atoms in total. The minimum absolute atomic E-state index is 0.132. The maximum absolute atomic E-state index is 12.4. The monoisotopic (exact) mass is 387 g/mol. The zero-order valence-corrected chi connectivity index (χ0v) is 15.4. The van der Waals surface area contributed by atoms with Crippen molar-refractivity contribution in [1.82, 2.24) is 15.2 Å². The van der Waals surface area contributed by atoms with Gasteiger partial charge in [-0.2, -0.15) is 13.2 Å². The minimum Gasteiger partial charge on any atom is -0.481 e. The second kappa shape index (κ2) is 8.02. The predicted octanol–water partition coefficient (Wildman–Crippen LogP) is 2.06. The number of aromatic nitrogens is 1. The molecule has 0 radical (unpaired) electrons. The quantitative estimate of drug-likeness (QED) is 0.838. The van der Waals surface area contributed by atoms with Crippen LogP contribution in [-0.2, 0) is 16.1 Å². The Bertz CT molecular complexity index is 684. The molecule has 1 aromatic rings. The molecule has 1 N–H and O–H groups in total. The van der Waals surface area contributed by atoms with E-state index in [1.807, 2.05) is 18.3 Å². The topological polar surface area (TPSA) is 63.7 Å². The van der Waals surface area contributed by atoms with Crippen molar-refractivity contribution in [2.45, 2.75) is 44.6 Å². The average molecular weight is 387 g/mol. The average Bonchev–Trinajstić information content (AvgIpc) is 3.08. The van der Waals surface area contributed by atoms with Crippen LogP contribution in [0.1, 0.15) is 24.0 Å². The van der Waals surface area contributed by atoms with Gasteiger partial charge in [-0.25, -0.2) is 4.98 Å². The number of alkyl halides is 3. The Hall–Kier alpha value is -1.87. The van der Waals surface area contributed by atoms with Gasteiger partial charge in [0.1, 0.15) is 6.54 Å². The van der Waals surface area contributed by atoms with Gasteiger partial charge in [-0.1, -0.05) is 0 Å². The van der Waals surface area contributed by atoms with Crippen molar-refractivity contribution in [3.05, 3.63) is 23.4 Å². The summed E-state index contributed by atoms with van der Waals surface area (Å²) in [5.41, 5.74) is 1.88. The second-order valence-corrected chi connectivity index (χ2v) is 7.13. The van der Waals surface area contributed by atoms with Crippen LogP contribution in [-0.4, -0.2) is 60.9 Å². The van der Waals surface area contributed by atoms with Crippen molar-refractivity contribution in [2.75, 3.05) is 26.8 Å². The van der Waals surface area contributed by atoms with Crippen LogP contribution in [0.3, 0.4) is 0 Å². The third-order valence-corrected chi connectivity index (χ3v) is 5.12. The fourth-order valence-corrected chi connectivity index (χ4v) is 3.91. The molecule has 150 valence electrons. The number of nitrogens with zero attached hydrogens (tertiary/aromatic N) is 2. The van der Waals surface area contributed by atoms with Crippen molar-refractivity contribution in [2.24, 2.45) is 5.92 Å². The number of hydrogen-bond donors (Lipinski definition) is 1. The first-order valence-electron chi connectivity index (χ1n) is 8.96. The van der Waals surface area contributed by atoms with Crippen molar-refractivity contribution in [3.8, 4) is 5.88 Å². The Kier molecular flexibility index (Phi) is 5.90. The van der Waals surface area contributed by atoms with Gasteiger partial charge in [0.25, 0.3) is 0 Å². The molecule has 3 atom stereocenters. The highest BCUT2D eigenvalue weighted by Gasteiger charge is 2.42. The number of carbonyl (C=O) groups excluding carboxylic acids is 1. The number of hydrogen-bond acceptors (Lipinski definition) is 5. The van der Waals surface area contributed by atoms with Gasteiger partial charge in [-0.05, 0) is 31.4 Å². The number of piperidine rings is 1. The highest BCUT2D eigenvalue weighted by molar-refractivity contribution is 5.79. The standard InChI is InChI=1S/C18H24F3N3O3/c1-11-5-12(7-22-17(11)26-2)8-24-9-13(6-15-14(24)3-4-27-15)16(25)23-10-18(19,20)21/h5,7,13-15H,3-4,6,8-10H2,1-2H3,(H,23,25)/t13-,14+,15+/m0/s1. The van der Waals surface area contributed by atoms with E-state index in [1.165, 1.54) is 0 Å². The largest absolute Gasteiger partial charge is 0.481 e. The molecular formula is C18H24F3N3O3. The third kappa shape index (κ3) is 4.90. The summed E-state index contributed by atoms with van der Waals surface area (Å²) in [6.45, 7) is 2.16. The first kappa shape index (κ1) is 19.9. The van der Waals surface area contributed by atoms with Crippen LogP contribution >= 0.6 is 0 Å². The van der Waals surface area contributed by atoms with Crippen molar-refractivity contribution in [1.29, 1.82) is 0 Å². The summed E-state index contributed by atoms with van der Waals surface area (Å²) < 4.78 is 48.1. The van der Waals surface area contributed by atoms with Crippen LogP contribution in [0.4, 0.5) is 13.2 Å². The molecule has 2 aliphatic heterocycles. The van der Waals surface area contributed by atoms with Crippen molar-refractivity contribution in [3.63, 3.8) is 0 Å². The van der Waals surface area contributed by atoms with E-state index < -0.39 is 24.5 Å². The maximum Gasteiger partial charge on any atom is 0.405 e. The zero-order chi connectivity index (χ0) is 19.6. The van der Waals surface area contributed by atoms with Crippen LogP contribution in [0, 0.1) is 12.8 Å². The summed E-state index contributed by atoms with van der Waals surface area (Å²) in [5, 5.41) is 2.01. The number of ether oxygens (including phenoxy) is 2. The lowest BCUT2D eigenvalue weighted by Gasteiger charge is -2.40. The summed E-state index contributed by atoms with van der Waals surface area (Å²) in [4.78, 5) is 18.6. The van der Waals surface area contributed by atoms with Gasteiger partial charge in [0.2, 0.25) is 11.8 Å². The van der Waals surface area contributed by atoms with E-state index in [4.69, 9.17) is 9.47 Å². The molecule has 1 amide bonds. The van der Waals surface area contributed by atoms with Crippen molar-refractivity contribution >= 4 is 5.91 Å². The molecule has 2 saturated heterocycles. The molecular weight excluding hydrogens is 363 g/mol. The second-order valence-electron chi connectivity index (χ2n) is 7.13. The number of rotatable bonds is 5. The van der Waals surface area contributed by atoms with E-state index in [-0.39, 0.29) is 12.1 Å². The number of nitrogens with one attached hydrogen (secondary N) is 1. The normalized spacial score (nSPS) is 25.9. The summed E-state index contributed by atoms with van der Waals surface area (Å²) in [5.74, 6) is -0.543. The molecule has 0 aromatic carbocycles. The van der Waals surface area contributed by atoms with Crippen molar-refractivity contribution < 1.29 is 27.4 Å². The maximum atomic E-state index is 12.4. The Morgan fingerprint density at radius 1 is 1.48 bits per heavy atom. The molecule has 2 aliphatic rings. The Labute approximate surface area is 156 Å². The van der Waals surface area contributed by atoms with Gasteiger partial charge >= 0.3 is 6.18 Å². The lowest BCUT2D eigenvalue weighted by molar-refractivity contribution is -0.143. The van der Waals surface area contributed by atoms with Gasteiger partial charge in [-0.3, -0.25) is 9.69 Å². The zero-order valence-electron chi connectivity index (χ0n) is 15.4. The molecule has 0 unspecified atom stereocenters. The van der Waals surface area contributed by atoms with Gasteiger partial charge in [-0.15, -0.1) is 0 Å². The van der Waals surface area contributed by atoms with E-state index in [0.29, 0.717) is 32.0 Å². The van der Waals surface area contributed by atoms with E-state index in [1.54, 1.807) is 13.3 Å². The van der Waals surface area contributed by atoms with Crippen LogP contribution < -0.4 is 10.1 Å². The lowest BCUT2D eigenvalue weighted by Crippen LogP contribution is -2.53. The molecule has 0 bridgehead atoms. The number of fused-ring (bicyclic) bond motifs is 1. The number of carbonyl (C=O) groups is 1. The third-order valence-electron chi connectivity index (χ3n) is 5.12.